The normalized spacial score (nSPS) is 17.9. The van der Waals surface area contributed by atoms with Crippen molar-refractivity contribution in [2.45, 2.75) is 168 Å². The van der Waals surface area contributed by atoms with Gasteiger partial charge in [-0.1, -0.05) is 140 Å². The minimum Gasteiger partial charge on any atom is -0.462 e. The zero-order chi connectivity index (χ0) is 41.1. The Balaban J connectivity index is 2.00. The largest absolute Gasteiger partial charge is 0.462 e. The van der Waals surface area contributed by atoms with Gasteiger partial charge >= 0.3 is 18.2 Å². The van der Waals surface area contributed by atoms with Gasteiger partial charge in [0.1, 0.15) is 19.3 Å². The predicted molar refractivity (Wildman–Crippen MR) is 224 cm³/mol. The lowest BCUT2D eigenvalue weighted by molar-refractivity contribution is -0.149. The number of aliphatic hydroxyl groups is 1. The number of nitrogens with one attached hydrogen (secondary N) is 1. The van der Waals surface area contributed by atoms with E-state index in [4.69, 9.17) is 18.6 Å². The third kappa shape index (κ3) is 15.7. The number of hydrogen-bond acceptors (Lipinski definition) is 8. The first-order valence-corrected chi connectivity index (χ1v) is 23.6. The average Bonchev–Trinajstić information content (AvgIpc) is 3.59. The number of aliphatic hydroxyl groups excluding tert-OH is 1. The lowest BCUT2D eigenvalue weighted by atomic mass is 9.93. The minimum absolute atomic E-state index is 0.00119. The average molecular weight is 796 g/mol. The van der Waals surface area contributed by atoms with E-state index in [9.17, 15) is 19.5 Å². The summed E-state index contributed by atoms with van der Waals surface area (Å²) in [6, 6.07) is 17.6. The number of nitrogens with zero attached hydrogens (tertiary/aromatic N) is 2. The molecule has 1 saturated heterocycles. The van der Waals surface area contributed by atoms with Crippen molar-refractivity contribution >= 4 is 32.4 Å². The summed E-state index contributed by atoms with van der Waals surface area (Å²) in [5, 5.41) is 14.6. The van der Waals surface area contributed by atoms with Crippen molar-refractivity contribution in [2.24, 2.45) is 10.9 Å². The molecule has 1 fully saturated rings. The van der Waals surface area contributed by atoms with E-state index in [1.165, 1.54) is 39.0 Å². The first-order valence-electron chi connectivity index (χ1n) is 20.7. The van der Waals surface area contributed by atoms with Crippen molar-refractivity contribution in [3.63, 3.8) is 0 Å². The molecule has 3 rings (SSSR count). The number of unbranched alkanes of at least 4 members (excludes halogenated alkanes) is 7. The molecule has 5 atom stereocenters. The third-order valence-corrected chi connectivity index (χ3v) is 15.7. The molecule has 2 amide bonds. The molecule has 312 valence electrons. The standard InChI is InChI=1S/C44H69N3O8Si/c1-9-10-11-12-13-14-15-22-27-40(49)39-29-28-38(37(33(2)55-34(3)48)32-54-56(7,8)44(4,5)6)47(39)41(45-42(50)52-30-35-23-18-16-19-24-35)46-43(51)53-31-36-25-20-17-21-26-36/h16-21,23-26,33,37-40,49H,9-15,22,27-32H2,1-8H3,(H,45,46,50,51)/t33-,37-,38-,39-,40-/m0/s1. The number of carbonyl (C=O) groups excluding carboxylic acids is 3. The number of amides is 2. The highest BCUT2D eigenvalue weighted by Gasteiger charge is 2.47. The molecule has 1 heterocycles. The molecular formula is C44H69N3O8Si. The van der Waals surface area contributed by atoms with E-state index >= 15 is 0 Å². The van der Waals surface area contributed by atoms with E-state index in [-0.39, 0.29) is 30.8 Å². The molecule has 0 bridgehead atoms. The topological polar surface area (TPSA) is 136 Å². The van der Waals surface area contributed by atoms with Crippen molar-refractivity contribution < 1.29 is 38.1 Å². The quantitative estimate of drug-likeness (QED) is 0.0335. The van der Waals surface area contributed by atoms with Crippen LogP contribution in [0.4, 0.5) is 9.59 Å². The van der Waals surface area contributed by atoms with Crippen LogP contribution >= 0.6 is 0 Å². The maximum atomic E-state index is 13.5. The van der Waals surface area contributed by atoms with E-state index in [1.807, 2.05) is 72.5 Å². The molecule has 12 heteroatoms. The van der Waals surface area contributed by atoms with Gasteiger partial charge in [-0.05, 0) is 55.4 Å². The monoisotopic (exact) mass is 795 g/mol. The number of carbonyl (C=O) groups is 3. The van der Waals surface area contributed by atoms with Crippen LogP contribution < -0.4 is 5.32 Å². The van der Waals surface area contributed by atoms with Crippen molar-refractivity contribution in [1.82, 2.24) is 10.2 Å². The third-order valence-electron chi connectivity index (χ3n) is 11.2. The lowest BCUT2D eigenvalue weighted by Crippen LogP contribution is -2.57. The van der Waals surface area contributed by atoms with Gasteiger partial charge in [0, 0.05) is 25.5 Å². The number of ether oxygens (including phenoxy) is 3. The second kappa shape index (κ2) is 23.5. The van der Waals surface area contributed by atoms with Gasteiger partial charge in [0.2, 0.25) is 5.96 Å². The fourth-order valence-corrected chi connectivity index (χ4v) is 7.97. The first kappa shape index (κ1) is 46.6. The lowest BCUT2D eigenvalue weighted by Gasteiger charge is -2.42. The predicted octanol–water partition coefficient (Wildman–Crippen LogP) is 9.92. The van der Waals surface area contributed by atoms with E-state index in [1.54, 1.807) is 0 Å². The minimum atomic E-state index is -2.27. The zero-order valence-corrected chi connectivity index (χ0v) is 36.3. The van der Waals surface area contributed by atoms with Crippen LogP contribution in [0.15, 0.2) is 65.7 Å². The molecular weight excluding hydrogens is 727 g/mol. The van der Waals surface area contributed by atoms with Crippen molar-refractivity contribution in [1.29, 1.82) is 0 Å². The van der Waals surface area contributed by atoms with Crippen LogP contribution in [0.5, 0.6) is 0 Å². The molecule has 1 aliphatic rings. The van der Waals surface area contributed by atoms with Crippen molar-refractivity contribution in [3.05, 3.63) is 71.8 Å². The summed E-state index contributed by atoms with van der Waals surface area (Å²) in [4.78, 5) is 45.6. The summed E-state index contributed by atoms with van der Waals surface area (Å²) in [6.07, 6.45) is 7.61. The van der Waals surface area contributed by atoms with E-state index in [0.29, 0.717) is 19.3 Å². The summed E-state index contributed by atoms with van der Waals surface area (Å²) in [5.74, 6) is -0.913. The number of aliphatic imine (C=N–C) groups is 1. The molecule has 0 radical (unpaired) electrons. The van der Waals surface area contributed by atoms with Crippen LogP contribution in [0.25, 0.3) is 0 Å². The Morgan fingerprint density at radius 1 is 0.857 bits per heavy atom. The molecule has 11 nitrogen and oxygen atoms in total. The van der Waals surface area contributed by atoms with Gasteiger partial charge in [-0.2, -0.15) is 0 Å². The van der Waals surface area contributed by atoms with Crippen LogP contribution in [-0.2, 0) is 36.6 Å². The number of esters is 1. The van der Waals surface area contributed by atoms with Gasteiger partial charge in [0.15, 0.2) is 8.32 Å². The number of likely N-dealkylation sites (tertiary alicyclic amines) is 1. The molecule has 0 spiro atoms. The molecule has 0 aliphatic carbocycles. The highest BCUT2D eigenvalue weighted by Crippen LogP contribution is 2.39. The summed E-state index contributed by atoms with van der Waals surface area (Å²) in [6.45, 7) is 16.5. The molecule has 2 aromatic carbocycles. The smallest absolute Gasteiger partial charge is 0.437 e. The Kier molecular flexibility index (Phi) is 19.6. The van der Waals surface area contributed by atoms with Crippen LogP contribution in [0.3, 0.4) is 0 Å². The van der Waals surface area contributed by atoms with Crippen molar-refractivity contribution in [3.8, 4) is 0 Å². The van der Waals surface area contributed by atoms with Gasteiger partial charge in [0.25, 0.3) is 0 Å². The van der Waals surface area contributed by atoms with Crippen LogP contribution in [0.2, 0.25) is 18.1 Å². The molecule has 2 aromatic rings. The number of benzene rings is 2. The summed E-state index contributed by atoms with van der Waals surface area (Å²) in [5.41, 5.74) is 1.57. The second-order valence-electron chi connectivity index (χ2n) is 16.7. The van der Waals surface area contributed by atoms with E-state index in [0.717, 1.165) is 30.4 Å². The first-order chi connectivity index (χ1) is 26.6. The maximum absolute atomic E-state index is 13.5. The highest BCUT2D eigenvalue weighted by molar-refractivity contribution is 6.74. The Morgan fingerprint density at radius 3 is 1.95 bits per heavy atom. The summed E-state index contributed by atoms with van der Waals surface area (Å²) < 4.78 is 23.8. The zero-order valence-electron chi connectivity index (χ0n) is 35.3. The van der Waals surface area contributed by atoms with Gasteiger partial charge in [0.05, 0.1) is 12.1 Å². The van der Waals surface area contributed by atoms with Crippen LogP contribution in [-0.4, -0.2) is 73.3 Å². The fourth-order valence-electron chi connectivity index (χ4n) is 6.93. The second-order valence-corrected chi connectivity index (χ2v) is 21.5. The molecule has 0 unspecified atom stereocenters. The number of rotatable bonds is 20. The molecule has 1 aliphatic heterocycles. The van der Waals surface area contributed by atoms with Crippen molar-refractivity contribution in [2.75, 3.05) is 6.61 Å². The Bertz CT molecular complexity index is 1500. The van der Waals surface area contributed by atoms with Gasteiger partial charge in [-0.25, -0.2) is 9.59 Å². The molecule has 0 saturated carbocycles. The number of alkyl carbamates (subject to hydrolysis) is 1. The Morgan fingerprint density at radius 2 is 1.39 bits per heavy atom. The molecule has 56 heavy (non-hydrogen) atoms. The number of guanidine groups is 1. The van der Waals surface area contributed by atoms with E-state index in [2.05, 4.69) is 51.1 Å². The SMILES string of the molecule is CCCCCCCCCC[C@H](O)[C@@H]1CC[C@@H]([C@@H](CO[Si](C)(C)C(C)(C)C)[C@H](C)OC(C)=O)N1/C(=N/C(=O)OCc1ccccc1)NC(=O)OCc1ccccc1. The Labute approximate surface area is 337 Å². The van der Waals surface area contributed by atoms with Crippen LogP contribution in [0, 0.1) is 5.92 Å². The van der Waals surface area contributed by atoms with Gasteiger partial charge in [-0.3, -0.25) is 10.1 Å². The van der Waals surface area contributed by atoms with Gasteiger partial charge in [-0.15, -0.1) is 4.99 Å². The van der Waals surface area contributed by atoms with Crippen LogP contribution in [0.1, 0.15) is 123 Å². The summed E-state index contributed by atoms with van der Waals surface area (Å²) >= 11 is 0. The molecule has 2 N–H and O–H groups in total. The number of hydrogen-bond donors (Lipinski definition) is 2. The highest BCUT2D eigenvalue weighted by atomic mass is 28.4. The van der Waals surface area contributed by atoms with E-state index < -0.39 is 56.7 Å². The fraction of sp³-hybridized carbons (Fsp3) is 0.636. The molecule has 0 aromatic heterocycles. The van der Waals surface area contributed by atoms with Gasteiger partial charge < -0.3 is 28.6 Å². The summed E-state index contributed by atoms with van der Waals surface area (Å²) in [7, 11) is -2.27. The Hall–Kier alpha value is -3.74. The maximum Gasteiger partial charge on any atom is 0.437 e.